The summed E-state index contributed by atoms with van der Waals surface area (Å²) in [5.41, 5.74) is -0.118. The molecule has 0 saturated carbocycles. The number of hydrogen-bond donors (Lipinski definition) is 0. The second kappa shape index (κ2) is 6.59. The van der Waals surface area contributed by atoms with Crippen LogP contribution >= 0.6 is 15.9 Å². The molecule has 1 aromatic rings. The van der Waals surface area contributed by atoms with Gasteiger partial charge in [0.1, 0.15) is 22.6 Å². The second-order valence-electron chi connectivity index (χ2n) is 4.92. The van der Waals surface area contributed by atoms with E-state index in [1.807, 2.05) is 0 Å². The van der Waals surface area contributed by atoms with Gasteiger partial charge >= 0.3 is 0 Å². The first-order chi connectivity index (χ1) is 9.18. The van der Waals surface area contributed by atoms with Gasteiger partial charge in [0.25, 0.3) is 0 Å². The molecule has 0 N–H and O–H groups in total. The van der Waals surface area contributed by atoms with Gasteiger partial charge in [0.05, 0.1) is 21.0 Å². The van der Waals surface area contributed by atoms with E-state index in [0.29, 0.717) is 0 Å². The smallest absolute Gasteiger partial charge is 0.150 e. The molecule has 0 aliphatic carbocycles. The lowest BCUT2D eigenvalue weighted by atomic mass is 10.1. The van der Waals surface area contributed by atoms with Crippen molar-refractivity contribution in [2.75, 3.05) is 0 Å². The SMILES string of the molecule is CC#Cc1cc(F)c(/C=N/[S@](=O)C(C)(C)C)c(F)c1Br. The zero-order valence-electron chi connectivity index (χ0n) is 11.6. The highest BCUT2D eigenvalue weighted by Crippen LogP contribution is 2.25. The maximum atomic E-state index is 14.0. The fourth-order valence-corrected chi connectivity index (χ4v) is 2.16. The maximum Gasteiger partial charge on any atom is 0.150 e. The largest absolute Gasteiger partial charge is 0.234 e. The Kier molecular flexibility index (Phi) is 5.60. The summed E-state index contributed by atoms with van der Waals surface area (Å²) in [5, 5.41) is 0. The Morgan fingerprint density at radius 1 is 1.40 bits per heavy atom. The van der Waals surface area contributed by atoms with E-state index in [4.69, 9.17) is 0 Å². The number of nitrogens with zero attached hydrogens (tertiary/aromatic N) is 1. The molecule has 0 radical (unpaired) electrons. The van der Waals surface area contributed by atoms with Crippen LogP contribution in [0.1, 0.15) is 38.8 Å². The van der Waals surface area contributed by atoms with Crippen LogP contribution in [0.3, 0.4) is 0 Å². The molecule has 0 bridgehead atoms. The zero-order valence-corrected chi connectivity index (χ0v) is 14.0. The normalized spacial score (nSPS) is 13.2. The molecule has 2 nitrogen and oxygen atoms in total. The minimum atomic E-state index is -1.58. The lowest BCUT2D eigenvalue weighted by molar-refractivity contribution is 0.575. The minimum absolute atomic E-state index is 0.0660. The van der Waals surface area contributed by atoms with Crippen LogP contribution in [-0.2, 0) is 11.0 Å². The van der Waals surface area contributed by atoms with Crippen LogP contribution in [0.25, 0.3) is 0 Å². The standard InChI is InChI=1S/C14H14BrF2NOS/c1-5-6-9-7-11(16)10(13(17)12(9)15)8-18-20(19)14(2,3)4/h7-8H,1-4H3/b18-8+/t20-/m1/s1. The molecule has 0 saturated heterocycles. The molecule has 0 aromatic heterocycles. The van der Waals surface area contributed by atoms with Gasteiger partial charge in [0, 0.05) is 5.56 Å². The van der Waals surface area contributed by atoms with E-state index in [0.717, 1.165) is 12.3 Å². The molecule has 1 atom stereocenters. The Bertz CT molecular complexity index is 639. The van der Waals surface area contributed by atoms with Gasteiger partial charge in [0.15, 0.2) is 0 Å². The average molecular weight is 362 g/mol. The van der Waals surface area contributed by atoms with Gasteiger partial charge in [-0.2, -0.15) is 4.40 Å². The molecule has 0 spiro atoms. The first kappa shape index (κ1) is 17.0. The lowest BCUT2D eigenvalue weighted by Crippen LogP contribution is -2.19. The molecule has 0 amide bonds. The molecule has 1 rings (SSSR count). The predicted octanol–water partition coefficient (Wildman–Crippen LogP) is 3.98. The zero-order chi connectivity index (χ0) is 15.5. The fraction of sp³-hybridized carbons (Fsp3) is 0.357. The van der Waals surface area contributed by atoms with Crippen LogP contribution in [-0.4, -0.2) is 15.2 Å². The third-order valence-corrected chi connectivity index (χ3v) is 4.37. The second-order valence-corrected chi connectivity index (χ2v) is 7.65. The van der Waals surface area contributed by atoms with E-state index in [1.54, 1.807) is 27.7 Å². The van der Waals surface area contributed by atoms with Crippen molar-refractivity contribution in [1.29, 1.82) is 0 Å². The van der Waals surface area contributed by atoms with E-state index in [9.17, 15) is 13.0 Å². The van der Waals surface area contributed by atoms with E-state index in [1.165, 1.54) is 0 Å². The van der Waals surface area contributed by atoms with Crippen molar-refractivity contribution in [3.63, 3.8) is 0 Å². The molecular formula is C14H14BrF2NOS. The van der Waals surface area contributed by atoms with Gasteiger partial charge in [0.2, 0.25) is 0 Å². The van der Waals surface area contributed by atoms with Gasteiger partial charge in [-0.25, -0.2) is 13.0 Å². The summed E-state index contributed by atoms with van der Waals surface area (Å²) in [6.07, 6.45) is 0.958. The molecule has 0 aliphatic heterocycles. The van der Waals surface area contributed by atoms with Crippen LogP contribution in [0.2, 0.25) is 0 Å². The Morgan fingerprint density at radius 3 is 2.50 bits per heavy atom. The fourth-order valence-electron chi connectivity index (χ4n) is 1.21. The van der Waals surface area contributed by atoms with Crippen LogP contribution in [0.4, 0.5) is 8.78 Å². The van der Waals surface area contributed by atoms with Crippen molar-refractivity contribution in [3.8, 4) is 11.8 Å². The van der Waals surface area contributed by atoms with Crippen molar-refractivity contribution in [1.82, 2.24) is 0 Å². The molecule has 6 heteroatoms. The van der Waals surface area contributed by atoms with Crippen molar-refractivity contribution >= 4 is 33.1 Å². The van der Waals surface area contributed by atoms with Crippen LogP contribution in [0.5, 0.6) is 0 Å². The summed E-state index contributed by atoms with van der Waals surface area (Å²) in [6, 6.07) is 1.12. The molecule has 0 heterocycles. The molecule has 0 fully saturated rings. The van der Waals surface area contributed by atoms with Crippen molar-refractivity contribution in [2.45, 2.75) is 32.4 Å². The summed E-state index contributed by atoms with van der Waals surface area (Å²) in [7, 11) is -1.58. The minimum Gasteiger partial charge on any atom is -0.234 e. The van der Waals surface area contributed by atoms with Crippen LogP contribution in [0.15, 0.2) is 14.9 Å². The number of benzene rings is 1. The lowest BCUT2D eigenvalue weighted by Gasteiger charge is -2.13. The van der Waals surface area contributed by atoms with E-state index < -0.39 is 27.4 Å². The number of rotatable bonds is 2. The van der Waals surface area contributed by atoms with Crippen molar-refractivity contribution in [2.24, 2.45) is 4.40 Å². The topological polar surface area (TPSA) is 29.4 Å². The van der Waals surface area contributed by atoms with Gasteiger partial charge in [-0.1, -0.05) is 5.92 Å². The first-order valence-electron chi connectivity index (χ1n) is 5.74. The average Bonchev–Trinajstić information content (AvgIpc) is 2.34. The summed E-state index contributed by atoms with van der Waals surface area (Å²) in [5.74, 6) is 3.56. The summed E-state index contributed by atoms with van der Waals surface area (Å²) in [6.45, 7) is 6.75. The summed E-state index contributed by atoms with van der Waals surface area (Å²) in [4.78, 5) is 0. The number of halogens is 3. The van der Waals surface area contributed by atoms with E-state index >= 15 is 0 Å². The van der Waals surface area contributed by atoms with E-state index in [-0.39, 0.29) is 15.6 Å². The van der Waals surface area contributed by atoms with Gasteiger partial charge in [-0.15, -0.1) is 5.92 Å². The highest BCUT2D eigenvalue weighted by atomic mass is 79.9. The Labute approximate surface area is 128 Å². The molecule has 0 aliphatic rings. The van der Waals surface area contributed by atoms with Crippen LogP contribution in [0, 0.1) is 23.5 Å². The van der Waals surface area contributed by atoms with Gasteiger partial charge < -0.3 is 0 Å². The molecule has 108 valence electrons. The summed E-state index contributed by atoms with van der Waals surface area (Å²) < 4.78 is 42.8. The Hall–Kier alpha value is -1.06. The van der Waals surface area contributed by atoms with Crippen molar-refractivity contribution in [3.05, 3.63) is 33.3 Å². The molecule has 0 unspecified atom stereocenters. The Balaban J connectivity index is 3.27. The molecule has 1 aromatic carbocycles. The monoisotopic (exact) mass is 361 g/mol. The molecule has 20 heavy (non-hydrogen) atoms. The summed E-state index contributed by atoms with van der Waals surface area (Å²) >= 11 is 3.03. The number of hydrogen-bond acceptors (Lipinski definition) is 1. The predicted molar refractivity (Wildman–Crippen MR) is 82.1 cm³/mol. The molecular weight excluding hydrogens is 348 g/mol. The van der Waals surface area contributed by atoms with E-state index in [2.05, 4.69) is 32.2 Å². The highest BCUT2D eigenvalue weighted by molar-refractivity contribution is 9.10. The highest BCUT2D eigenvalue weighted by Gasteiger charge is 2.20. The maximum absolute atomic E-state index is 14.0. The third kappa shape index (κ3) is 3.97. The first-order valence-corrected chi connectivity index (χ1v) is 7.64. The quantitative estimate of drug-likeness (QED) is 0.445. The van der Waals surface area contributed by atoms with Crippen molar-refractivity contribution < 1.29 is 13.0 Å². The van der Waals surface area contributed by atoms with Gasteiger partial charge in [-0.05, 0) is 49.7 Å². The van der Waals surface area contributed by atoms with Gasteiger partial charge in [-0.3, -0.25) is 0 Å². The van der Waals surface area contributed by atoms with Crippen LogP contribution < -0.4 is 0 Å². The third-order valence-electron chi connectivity index (χ3n) is 2.26. The Morgan fingerprint density at radius 2 is 2.00 bits per heavy atom.